The summed E-state index contributed by atoms with van der Waals surface area (Å²) in [5.41, 5.74) is 15.8. The van der Waals surface area contributed by atoms with Gasteiger partial charge in [-0.2, -0.15) is 0 Å². The van der Waals surface area contributed by atoms with E-state index in [1.165, 1.54) is 16.7 Å². The Bertz CT molecular complexity index is 3320. The Morgan fingerprint density at radius 2 is 0.721 bits per heavy atom. The SMILES string of the molecule is c1ccc(-c2ccc(-c3ccc(-c4ccc5oc6cccc(-c7nc(-c8ccccc8)nc(-c8cccc(-c9ccccc9)c8)n7)c6c5c4)c(-c4ccccc4)c3)cc2)cc1. The van der Waals surface area contributed by atoms with Crippen molar-refractivity contribution in [1.82, 2.24) is 15.0 Å². The summed E-state index contributed by atoms with van der Waals surface area (Å²) < 4.78 is 6.56. The molecule has 11 aromatic rings. The minimum absolute atomic E-state index is 0.584. The lowest BCUT2D eigenvalue weighted by molar-refractivity contribution is 0.669. The average Bonchev–Trinajstić information content (AvgIpc) is 3.73. The van der Waals surface area contributed by atoms with Gasteiger partial charge < -0.3 is 4.42 Å². The molecule has 0 bridgehead atoms. The monoisotopic (exact) mass is 779 g/mol. The van der Waals surface area contributed by atoms with E-state index in [4.69, 9.17) is 19.4 Å². The van der Waals surface area contributed by atoms with Crippen LogP contribution in [-0.2, 0) is 0 Å². The zero-order valence-electron chi connectivity index (χ0n) is 33.1. The Morgan fingerprint density at radius 3 is 1.41 bits per heavy atom. The number of hydrogen-bond donors (Lipinski definition) is 0. The molecule has 2 aromatic heterocycles. The smallest absolute Gasteiger partial charge is 0.164 e. The standard InChI is InChI=1S/C57H37N3O/c1-5-15-38(16-6-1)40-27-29-41(30-28-40)45-31-33-48(50(36-45)42-19-9-3-10-20-42)46-32-34-52-51(37-46)54-49(25-14-26-53(54)61-52)57-59-55(43-21-11-4-12-22-43)58-56(60-57)47-24-13-23-44(35-47)39-17-7-2-8-18-39/h1-37H. The predicted octanol–water partition coefficient (Wildman–Crippen LogP) is 15.1. The van der Waals surface area contributed by atoms with Gasteiger partial charge >= 0.3 is 0 Å². The summed E-state index contributed by atoms with van der Waals surface area (Å²) in [4.78, 5) is 15.4. The molecule has 0 spiro atoms. The van der Waals surface area contributed by atoms with E-state index in [1.807, 2.05) is 48.5 Å². The van der Waals surface area contributed by atoms with Gasteiger partial charge in [0.25, 0.3) is 0 Å². The molecule has 0 radical (unpaired) electrons. The Kier molecular flexibility index (Phi) is 9.14. The fourth-order valence-corrected chi connectivity index (χ4v) is 8.31. The third-order valence-electron chi connectivity index (χ3n) is 11.4. The number of rotatable bonds is 8. The topological polar surface area (TPSA) is 51.8 Å². The van der Waals surface area contributed by atoms with E-state index >= 15 is 0 Å². The van der Waals surface area contributed by atoms with E-state index in [2.05, 4.69) is 176 Å². The van der Waals surface area contributed by atoms with E-state index < -0.39 is 0 Å². The highest BCUT2D eigenvalue weighted by Crippen LogP contribution is 2.41. The molecule has 0 aliphatic heterocycles. The Balaban J connectivity index is 1.05. The quantitative estimate of drug-likeness (QED) is 0.154. The summed E-state index contributed by atoms with van der Waals surface area (Å²) in [6.45, 7) is 0. The van der Waals surface area contributed by atoms with Gasteiger partial charge in [-0.25, -0.2) is 15.0 Å². The molecular formula is C57H37N3O. The molecule has 4 heteroatoms. The van der Waals surface area contributed by atoms with Gasteiger partial charge in [0.2, 0.25) is 0 Å². The average molecular weight is 780 g/mol. The molecule has 11 rings (SSSR count). The molecule has 61 heavy (non-hydrogen) atoms. The van der Waals surface area contributed by atoms with E-state index in [0.717, 1.165) is 77.6 Å². The van der Waals surface area contributed by atoms with Gasteiger partial charge in [-0.3, -0.25) is 0 Å². The lowest BCUT2D eigenvalue weighted by Crippen LogP contribution is -2.00. The number of hydrogen-bond acceptors (Lipinski definition) is 4. The maximum atomic E-state index is 6.56. The van der Waals surface area contributed by atoms with E-state index in [9.17, 15) is 0 Å². The zero-order valence-corrected chi connectivity index (χ0v) is 33.1. The maximum absolute atomic E-state index is 6.56. The van der Waals surface area contributed by atoms with Gasteiger partial charge in [-0.1, -0.05) is 194 Å². The highest BCUT2D eigenvalue weighted by atomic mass is 16.3. The van der Waals surface area contributed by atoms with Gasteiger partial charge in [0, 0.05) is 27.5 Å². The molecule has 4 nitrogen and oxygen atoms in total. The summed E-state index contributed by atoms with van der Waals surface area (Å²) in [6, 6.07) is 78.3. The van der Waals surface area contributed by atoms with Gasteiger partial charge in [0.15, 0.2) is 17.5 Å². The molecular weight excluding hydrogens is 743 g/mol. The molecule has 9 aromatic carbocycles. The summed E-state index contributed by atoms with van der Waals surface area (Å²) in [7, 11) is 0. The lowest BCUT2D eigenvalue weighted by Gasteiger charge is -2.14. The molecule has 286 valence electrons. The first-order valence-electron chi connectivity index (χ1n) is 20.5. The van der Waals surface area contributed by atoms with Gasteiger partial charge in [-0.05, 0) is 86.0 Å². The molecule has 0 saturated heterocycles. The number of fused-ring (bicyclic) bond motifs is 3. The number of nitrogens with zero attached hydrogens (tertiary/aromatic N) is 3. The second-order valence-corrected chi connectivity index (χ2v) is 15.2. The van der Waals surface area contributed by atoms with E-state index in [-0.39, 0.29) is 0 Å². The second kappa shape index (κ2) is 15.5. The van der Waals surface area contributed by atoms with Crippen LogP contribution in [0.4, 0.5) is 0 Å². The molecule has 0 fully saturated rings. The van der Waals surface area contributed by atoms with E-state index in [0.29, 0.717) is 17.5 Å². The number of aromatic nitrogens is 3. The first kappa shape index (κ1) is 35.9. The normalized spacial score (nSPS) is 11.3. The third-order valence-corrected chi connectivity index (χ3v) is 11.4. The van der Waals surface area contributed by atoms with Crippen molar-refractivity contribution in [2.75, 3.05) is 0 Å². The Labute approximate surface area is 354 Å². The minimum Gasteiger partial charge on any atom is -0.456 e. The van der Waals surface area contributed by atoms with Crippen LogP contribution in [0.1, 0.15) is 0 Å². The molecule has 0 aliphatic rings. The van der Waals surface area contributed by atoms with E-state index in [1.54, 1.807) is 0 Å². The largest absolute Gasteiger partial charge is 0.456 e. The van der Waals surface area contributed by atoms with Crippen molar-refractivity contribution in [3.05, 3.63) is 224 Å². The first-order valence-corrected chi connectivity index (χ1v) is 20.5. The van der Waals surface area contributed by atoms with Crippen molar-refractivity contribution >= 4 is 21.9 Å². The molecule has 0 aliphatic carbocycles. The van der Waals surface area contributed by atoms with Gasteiger partial charge in [-0.15, -0.1) is 0 Å². The fraction of sp³-hybridized carbons (Fsp3) is 0. The molecule has 0 atom stereocenters. The lowest BCUT2D eigenvalue weighted by atomic mass is 9.90. The number of furan rings is 1. The van der Waals surface area contributed by atoms with Gasteiger partial charge in [0.1, 0.15) is 11.2 Å². The van der Waals surface area contributed by atoms with Crippen molar-refractivity contribution in [1.29, 1.82) is 0 Å². The van der Waals surface area contributed by atoms with Crippen LogP contribution in [0.25, 0.3) is 112 Å². The van der Waals surface area contributed by atoms with Crippen LogP contribution in [0.5, 0.6) is 0 Å². The molecule has 0 saturated carbocycles. The summed E-state index contributed by atoms with van der Waals surface area (Å²) >= 11 is 0. The third kappa shape index (κ3) is 6.96. The molecule has 0 amide bonds. The Morgan fingerprint density at radius 1 is 0.246 bits per heavy atom. The number of benzene rings is 9. The van der Waals surface area contributed by atoms with Crippen LogP contribution < -0.4 is 0 Å². The van der Waals surface area contributed by atoms with Crippen molar-refractivity contribution in [3.63, 3.8) is 0 Å². The van der Waals surface area contributed by atoms with Crippen LogP contribution in [-0.4, -0.2) is 15.0 Å². The van der Waals surface area contributed by atoms with Crippen LogP contribution >= 0.6 is 0 Å². The van der Waals surface area contributed by atoms with Crippen LogP contribution in [0, 0.1) is 0 Å². The van der Waals surface area contributed by atoms with Crippen molar-refractivity contribution in [3.8, 4) is 89.8 Å². The van der Waals surface area contributed by atoms with Crippen LogP contribution in [0.3, 0.4) is 0 Å². The molecule has 2 heterocycles. The summed E-state index contributed by atoms with van der Waals surface area (Å²) in [5.74, 6) is 1.80. The zero-order chi connectivity index (χ0) is 40.5. The molecule has 0 N–H and O–H groups in total. The van der Waals surface area contributed by atoms with Crippen molar-refractivity contribution < 1.29 is 4.42 Å². The first-order chi connectivity index (χ1) is 30.2. The molecule has 0 unspecified atom stereocenters. The Hall–Kier alpha value is -8.21. The maximum Gasteiger partial charge on any atom is 0.164 e. The minimum atomic E-state index is 0.584. The van der Waals surface area contributed by atoms with Crippen molar-refractivity contribution in [2.24, 2.45) is 0 Å². The highest BCUT2D eigenvalue weighted by molar-refractivity contribution is 6.13. The highest BCUT2D eigenvalue weighted by Gasteiger charge is 2.20. The second-order valence-electron chi connectivity index (χ2n) is 15.2. The predicted molar refractivity (Wildman–Crippen MR) is 251 cm³/mol. The summed E-state index contributed by atoms with van der Waals surface area (Å²) in [5, 5.41) is 1.96. The fourth-order valence-electron chi connectivity index (χ4n) is 8.31. The van der Waals surface area contributed by atoms with Gasteiger partial charge in [0.05, 0.1) is 0 Å². The van der Waals surface area contributed by atoms with Crippen molar-refractivity contribution in [2.45, 2.75) is 0 Å². The van der Waals surface area contributed by atoms with Crippen LogP contribution in [0.2, 0.25) is 0 Å². The summed E-state index contributed by atoms with van der Waals surface area (Å²) in [6.07, 6.45) is 0. The van der Waals surface area contributed by atoms with Crippen LogP contribution in [0.15, 0.2) is 229 Å².